The van der Waals surface area contributed by atoms with Gasteiger partial charge in [-0.2, -0.15) is 0 Å². The Morgan fingerprint density at radius 2 is 1.82 bits per heavy atom. The van der Waals surface area contributed by atoms with Crippen molar-refractivity contribution in [1.82, 2.24) is 4.90 Å². The van der Waals surface area contributed by atoms with Crippen LogP contribution in [0.2, 0.25) is 0 Å². The van der Waals surface area contributed by atoms with Crippen LogP contribution in [0, 0.1) is 0 Å². The zero-order valence-electron chi connectivity index (χ0n) is 8.18. The fourth-order valence-electron chi connectivity index (χ4n) is 1.20. The highest BCUT2D eigenvalue weighted by atomic mass is 15.2. The Bertz CT molecular complexity index is 168. The fraction of sp³-hybridized carbons (Fsp3) is 0.667. The molecule has 0 aliphatic heterocycles. The molecule has 0 rings (SSSR count). The molecule has 0 radical (unpaired) electrons. The molecule has 0 fully saturated rings. The number of aliphatic imine (C=N–C) groups is 1. The van der Waals surface area contributed by atoms with Crippen molar-refractivity contribution in [1.29, 1.82) is 0 Å². The Hall–Kier alpha value is -0.790. The second-order valence-corrected chi connectivity index (χ2v) is 2.97. The number of hydrogen-bond donors (Lipinski definition) is 0. The molecular weight excluding hydrogens is 136 g/mol. The molecule has 0 aromatic heterocycles. The van der Waals surface area contributed by atoms with Crippen LogP contribution in [-0.4, -0.2) is 23.8 Å². The van der Waals surface area contributed by atoms with E-state index in [1.165, 1.54) is 0 Å². The molecule has 0 bridgehead atoms. The van der Waals surface area contributed by atoms with Crippen LogP contribution in [0.5, 0.6) is 0 Å². The minimum atomic E-state index is 0.441. The molecule has 0 aromatic carbocycles. The van der Waals surface area contributed by atoms with Crippen molar-refractivity contribution in [3.8, 4) is 0 Å². The maximum atomic E-state index is 4.11. The van der Waals surface area contributed by atoms with E-state index in [1.54, 1.807) is 7.05 Å². The van der Waals surface area contributed by atoms with E-state index in [0.29, 0.717) is 6.04 Å². The molecule has 0 saturated heterocycles. The minimum Gasteiger partial charge on any atom is -0.333 e. The van der Waals surface area contributed by atoms with Crippen LogP contribution in [0.4, 0.5) is 0 Å². The normalized spacial score (nSPS) is 12.0. The zero-order valence-corrected chi connectivity index (χ0v) is 8.18. The Balaban J connectivity index is 4.48. The van der Waals surface area contributed by atoms with Gasteiger partial charge in [0.25, 0.3) is 0 Å². The average molecular weight is 154 g/mol. The second-order valence-electron chi connectivity index (χ2n) is 2.97. The smallest absolute Gasteiger partial charge is 0.0997 e. The summed E-state index contributed by atoms with van der Waals surface area (Å²) in [4.78, 5) is 6.22. The second kappa shape index (κ2) is 4.16. The lowest BCUT2D eigenvalue weighted by molar-refractivity contribution is 0.425. The van der Waals surface area contributed by atoms with Crippen LogP contribution in [0.25, 0.3) is 0 Å². The van der Waals surface area contributed by atoms with Gasteiger partial charge in [-0.25, -0.2) is 0 Å². The number of nitrogens with zero attached hydrogens (tertiary/aromatic N) is 2. The molecule has 64 valence electrons. The van der Waals surface area contributed by atoms with Crippen molar-refractivity contribution in [3.63, 3.8) is 0 Å². The van der Waals surface area contributed by atoms with E-state index in [-0.39, 0.29) is 0 Å². The molecule has 0 unspecified atom stereocenters. The predicted octanol–water partition coefficient (Wildman–Crippen LogP) is 2.28. The van der Waals surface area contributed by atoms with Gasteiger partial charge in [-0.05, 0) is 27.7 Å². The van der Waals surface area contributed by atoms with E-state index in [4.69, 9.17) is 0 Å². The quantitative estimate of drug-likeness (QED) is 0.440. The predicted molar refractivity (Wildman–Crippen MR) is 50.8 cm³/mol. The van der Waals surface area contributed by atoms with Crippen LogP contribution in [-0.2, 0) is 0 Å². The SMILES string of the molecule is C=C(C)N(C(C)=NC)C(C)C. The van der Waals surface area contributed by atoms with Gasteiger partial charge < -0.3 is 4.90 Å². The highest BCUT2D eigenvalue weighted by Gasteiger charge is 2.09. The molecule has 11 heavy (non-hydrogen) atoms. The van der Waals surface area contributed by atoms with Gasteiger partial charge >= 0.3 is 0 Å². The number of amidine groups is 1. The number of hydrogen-bond acceptors (Lipinski definition) is 1. The first kappa shape index (κ1) is 10.2. The molecule has 0 aromatic rings. The van der Waals surface area contributed by atoms with Crippen molar-refractivity contribution in [2.24, 2.45) is 4.99 Å². The Morgan fingerprint density at radius 1 is 1.36 bits per heavy atom. The molecule has 0 amide bonds. The summed E-state index contributed by atoms with van der Waals surface area (Å²) in [6.45, 7) is 12.1. The van der Waals surface area contributed by atoms with Crippen molar-refractivity contribution in [2.75, 3.05) is 7.05 Å². The molecular formula is C9H18N2. The van der Waals surface area contributed by atoms with Crippen molar-refractivity contribution >= 4 is 5.84 Å². The van der Waals surface area contributed by atoms with Gasteiger partial charge in [0.2, 0.25) is 0 Å². The van der Waals surface area contributed by atoms with E-state index < -0.39 is 0 Å². The third-order valence-corrected chi connectivity index (χ3v) is 1.60. The first-order chi connectivity index (χ1) is 5.00. The highest BCUT2D eigenvalue weighted by molar-refractivity contribution is 5.81. The van der Waals surface area contributed by atoms with Gasteiger partial charge in [0.05, 0.1) is 5.84 Å². The molecule has 0 saturated carbocycles. The largest absolute Gasteiger partial charge is 0.333 e. The summed E-state index contributed by atoms with van der Waals surface area (Å²) in [6.07, 6.45) is 0. The first-order valence-electron chi connectivity index (χ1n) is 3.88. The zero-order chi connectivity index (χ0) is 9.02. The first-order valence-corrected chi connectivity index (χ1v) is 3.88. The summed E-state index contributed by atoms with van der Waals surface area (Å²) in [5.41, 5.74) is 1.04. The van der Waals surface area contributed by atoms with Gasteiger partial charge in [0.1, 0.15) is 0 Å². The molecule has 0 aliphatic rings. The lowest BCUT2D eigenvalue weighted by Gasteiger charge is -2.28. The third-order valence-electron chi connectivity index (χ3n) is 1.60. The molecule has 0 N–H and O–H groups in total. The average Bonchev–Trinajstić information content (AvgIpc) is 1.85. The Labute approximate surface area is 69.6 Å². The standard InChI is InChI=1S/C9H18N2/c1-7(2)11(8(3)4)9(5)10-6/h8H,1H2,2-6H3. The lowest BCUT2D eigenvalue weighted by atomic mass is 10.3. The molecule has 0 spiro atoms. The van der Waals surface area contributed by atoms with E-state index in [0.717, 1.165) is 11.5 Å². The summed E-state index contributed by atoms with van der Waals surface area (Å²) in [5.74, 6) is 1.02. The number of rotatable bonds is 2. The minimum absolute atomic E-state index is 0.441. The summed E-state index contributed by atoms with van der Waals surface area (Å²) in [5, 5.41) is 0. The van der Waals surface area contributed by atoms with Crippen molar-refractivity contribution in [3.05, 3.63) is 12.3 Å². The van der Waals surface area contributed by atoms with Gasteiger partial charge in [-0.1, -0.05) is 6.58 Å². The Kier molecular flexibility index (Phi) is 3.86. The fourth-order valence-corrected chi connectivity index (χ4v) is 1.20. The van der Waals surface area contributed by atoms with Gasteiger partial charge in [0, 0.05) is 18.8 Å². The lowest BCUT2D eigenvalue weighted by Crippen LogP contribution is -2.33. The van der Waals surface area contributed by atoms with Gasteiger partial charge in [0.15, 0.2) is 0 Å². The maximum Gasteiger partial charge on any atom is 0.0997 e. The van der Waals surface area contributed by atoms with E-state index in [1.807, 2.05) is 13.8 Å². The van der Waals surface area contributed by atoms with Gasteiger partial charge in [-0.3, -0.25) is 4.99 Å². The summed E-state index contributed by atoms with van der Waals surface area (Å²) >= 11 is 0. The highest BCUT2D eigenvalue weighted by Crippen LogP contribution is 2.07. The van der Waals surface area contributed by atoms with Crippen LogP contribution < -0.4 is 0 Å². The molecule has 0 atom stereocenters. The van der Waals surface area contributed by atoms with Gasteiger partial charge in [-0.15, -0.1) is 0 Å². The third kappa shape index (κ3) is 2.74. The van der Waals surface area contributed by atoms with Crippen molar-refractivity contribution < 1.29 is 0 Å². The van der Waals surface area contributed by atoms with Crippen LogP contribution in [0.15, 0.2) is 17.3 Å². The van der Waals surface area contributed by atoms with E-state index in [2.05, 4.69) is 30.3 Å². The maximum absolute atomic E-state index is 4.11. The monoisotopic (exact) mass is 154 g/mol. The molecule has 2 heteroatoms. The van der Waals surface area contributed by atoms with Crippen LogP contribution in [0.1, 0.15) is 27.7 Å². The van der Waals surface area contributed by atoms with Crippen molar-refractivity contribution in [2.45, 2.75) is 33.7 Å². The van der Waals surface area contributed by atoms with Crippen LogP contribution >= 0.6 is 0 Å². The van der Waals surface area contributed by atoms with Crippen LogP contribution in [0.3, 0.4) is 0 Å². The molecule has 2 nitrogen and oxygen atoms in total. The summed E-state index contributed by atoms with van der Waals surface area (Å²) in [6, 6.07) is 0.441. The molecule has 0 heterocycles. The summed E-state index contributed by atoms with van der Waals surface area (Å²) < 4.78 is 0. The van der Waals surface area contributed by atoms with E-state index >= 15 is 0 Å². The molecule has 0 aliphatic carbocycles. The Morgan fingerprint density at radius 3 is 1.91 bits per heavy atom. The summed E-state index contributed by atoms with van der Waals surface area (Å²) in [7, 11) is 1.80. The van der Waals surface area contributed by atoms with E-state index in [9.17, 15) is 0 Å². The number of allylic oxidation sites excluding steroid dienone is 1. The topological polar surface area (TPSA) is 15.6 Å².